The van der Waals surface area contributed by atoms with Crippen molar-refractivity contribution in [2.45, 2.75) is 51.7 Å². The monoisotopic (exact) mass is 266 g/mol. The molecule has 1 aliphatic rings. The Morgan fingerprint density at radius 2 is 2.00 bits per heavy atom. The zero-order chi connectivity index (χ0) is 13.6. The first-order chi connectivity index (χ1) is 8.38. The van der Waals surface area contributed by atoms with Crippen molar-refractivity contribution in [3.8, 4) is 0 Å². The molecule has 1 aliphatic heterocycles. The van der Waals surface area contributed by atoms with Gasteiger partial charge in [0.15, 0.2) is 0 Å². The van der Waals surface area contributed by atoms with Gasteiger partial charge in [-0.15, -0.1) is 0 Å². The van der Waals surface area contributed by atoms with E-state index in [4.69, 9.17) is 0 Å². The number of piperidine rings is 1. The molecule has 18 heavy (non-hydrogen) atoms. The van der Waals surface area contributed by atoms with E-state index in [1.165, 1.54) is 12.8 Å². The molecule has 1 heterocycles. The van der Waals surface area contributed by atoms with Gasteiger partial charge in [0.2, 0.25) is 0 Å². The molecule has 1 fully saturated rings. The second-order valence-electron chi connectivity index (χ2n) is 5.62. The van der Waals surface area contributed by atoms with Crippen LogP contribution < -0.4 is 5.32 Å². The molecule has 0 aromatic rings. The van der Waals surface area contributed by atoms with E-state index in [1.807, 2.05) is 0 Å². The van der Waals surface area contributed by atoms with Crippen LogP contribution in [0, 0.1) is 5.92 Å². The highest BCUT2D eigenvalue weighted by atomic mass is 19.4. The SMILES string of the molecule is CC(C)CN1CCCCC1CCNCC(F)(F)F. The molecule has 0 amide bonds. The fourth-order valence-electron chi connectivity index (χ4n) is 2.60. The van der Waals surface area contributed by atoms with Crippen molar-refractivity contribution in [3.05, 3.63) is 0 Å². The summed E-state index contributed by atoms with van der Waals surface area (Å²) in [5.41, 5.74) is 0. The van der Waals surface area contributed by atoms with E-state index in [-0.39, 0.29) is 0 Å². The lowest BCUT2D eigenvalue weighted by molar-refractivity contribution is -0.124. The highest BCUT2D eigenvalue weighted by Crippen LogP contribution is 2.20. The van der Waals surface area contributed by atoms with E-state index < -0.39 is 12.7 Å². The maximum Gasteiger partial charge on any atom is 0.401 e. The Kier molecular flexibility index (Phi) is 6.43. The number of rotatable bonds is 6. The number of nitrogens with zero attached hydrogens (tertiary/aromatic N) is 1. The van der Waals surface area contributed by atoms with Gasteiger partial charge in [-0.1, -0.05) is 20.3 Å². The minimum absolute atomic E-state index is 0.457. The smallest absolute Gasteiger partial charge is 0.309 e. The van der Waals surface area contributed by atoms with Crippen LogP contribution in [-0.2, 0) is 0 Å². The van der Waals surface area contributed by atoms with Crippen molar-refractivity contribution in [1.82, 2.24) is 10.2 Å². The Hall–Kier alpha value is -0.290. The highest BCUT2D eigenvalue weighted by molar-refractivity contribution is 4.78. The Labute approximate surface area is 108 Å². The fraction of sp³-hybridized carbons (Fsp3) is 1.00. The molecule has 0 bridgehead atoms. The molecule has 0 radical (unpaired) electrons. The quantitative estimate of drug-likeness (QED) is 0.743. The minimum atomic E-state index is -4.09. The van der Waals surface area contributed by atoms with Crippen molar-refractivity contribution in [2.24, 2.45) is 5.92 Å². The fourth-order valence-corrected chi connectivity index (χ4v) is 2.60. The molecule has 1 unspecified atom stereocenters. The molecule has 0 aliphatic carbocycles. The summed E-state index contributed by atoms with van der Waals surface area (Å²) in [4.78, 5) is 2.45. The van der Waals surface area contributed by atoms with Gasteiger partial charge >= 0.3 is 6.18 Å². The Morgan fingerprint density at radius 1 is 1.28 bits per heavy atom. The Balaban J connectivity index is 2.25. The van der Waals surface area contributed by atoms with Gasteiger partial charge in [0.05, 0.1) is 6.54 Å². The lowest BCUT2D eigenvalue weighted by atomic mass is 9.98. The maximum atomic E-state index is 12.0. The number of hydrogen-bond donors (Lipinski definition) is 1. The molecule has 108 valence electrons. The summed E-state index contributed by atoms with van der Waals surface area (Å²) >= 11 is 0. The van der Waals surface area contributed by atoms with Crippen molar-refractivity contribution in [2.75, 3.05) is 26.2 Å². The van der Waals surface area contributed by atoms with Crippen LogP contribution >= 0.6 is 0 Å². The number of halogens is 3. The average Bonchev–Trinajstić information content (AvgIpc) is 2.24. The number of likely N-dealkylation sites (tertiary alicyclic amines) is 1. The summed E-state index contributed by atoms with van der Waals surface area (Å²) in [7, 11) is 0. The van der Waals surface area contributed by atoms with Gasteiger partial charge in [-0.3, -0.25) is 0 Å². The van der Waals surface area contributed by atoms with Crippen LogP contribution in [-0.4, -0.2) is 43.3 Å². The number of nitrogens with one attached hydrogen (secondary N) is 1. The largest absolute Gasteiger partial charge is 0.401 e. The van der Waals surface area contributed by atoms with Crippen LogP contribution in [0.3, 0.4) is 0 Å². The van der Waals surface area contributed by atoms with E-state index in [1.54, 1.807) is 0 Å². The van der Waals surface area contributed by atoms with E-state index in [0.29, 0.717) is 18.5 Å². The third-order valence-corrected chi connectivity index (χ3v) is 3.33. The van der Waals surface area contributed by atoms with Crippen molar-refractivity contribution >= 4 is 0 Å². The first kappa shape index (κ1) is 15.8. The van der Waals surface area contributed by atoms with Crippen molar-refractivity contribution in [3.63, 3.8) is 0 Å². The number of alkyl halides is 3. The van der Waals surface area contributed by atoms with Crippen LogP contribution in [0.4, 0.5) is 13.2 Å². The number of hydrogen-bond acceptors (Lipinski definition) is 2. The predicted octanol–water partition coefficient (Wildman–Crippen LogP) is 3.04. The molecule has 0 aromatic heterocycles. The van der Waals surface area contributed by atoms with Crippen molar-refractivity contribution < 1.29 is 13.2 Å². The molecule has 2 nitrogen and oxygen atoms in total. The van der Waals surface area contributed by atoms with Crippen LogP contribution in [0.2, 0.25) is 0 Å². The summed E-state index contributed by atoms with van der Waals surface area (Å²) in [6.45, 7) is 6.12. The third kappa shape index (κ3) is 6.59. The predicted molar refractivity (Wildman–Crippen MR) is 67.6 cm³/mol. The second-order valence-corrected chi connectivity index (χ2v) is 5.62. The summed E-state index contributed by atoms with van der Waals surface area (Å²) < 4.78 is 36.0. The topological polar surface area (TPSA) is 15.3 Å². The first-order valence-corrected chi connectivity index (χ1v) is 6.90. The maximum absolute atomic E-state index is 12.0. The third-order valence-electron chi connectivity index (χ3n) is 3.33. The van der Waals surface area contributed by atoms with Crippen LogP contribution in [0.1, 0.15) is 39.5 Å². The van der Waals surface area contributed by atoms with E-state index in [9.17, 15) is 13.2 Å². The Bertz CT molecular complexity index is 229. The molecule has 0 aromatic carbocycles. The molecule has 5 heteroatoms. The normalized spacial score (nSPS) is 22.7. The molecule has 1 saturated heterocycles. The van der Waals surface area contributed by atoms with Gasteiger partial charge in [0, 0.05) is 12.6 Å². The lowest BCUT2D eigenvalue weighted by Crippen LogP contribution is -2.43. The van der Waals surface area contributed by atoms with Gasteiger partial charge in [-0.2, -0.15) is 13.2 Å². The molecule has 0 saturated carbocycles. The molecular formula is C13H25F3N2. The van der Waals surface area contributed by atoms with E-state index >= 15 is 0 Å². The highest BCUT2D eigenvalue weighted by Gasteiger charge is 2.27. The minimum Gasteiger partial charge on any atom is -0.309 e. The van der Waals surface area contributed by atoms with Gasteiger partial charge in [0.1, 0.15) is 0 Å². The first-order valence-electron chi connectivity index (χ1n) is 6.90. The summed E-state index contributed by atoms with van der Waals surface area (Å²) in [6, 6.07) is 0.460. The van der Waals surface area contributed by atoms with E-state index in [2.05, 4.69) is 24.1 Å². The average molecular weight is 266 g/mol. The van der Waals surface area contributed by atoms with Crippen LogP contribution in [0.15, 0.2) is 0 Å². The zero-order valence-electron chi connectivity index (χ0n) is 11.4. The van der Waals surface area contributed by atoms with Gasteiger partial charge in [0.25, 0.3) is 0 Å². The summed E-state index contributed by atoms with van der Waals surface area (Å²) in [6.07, 6.45) is 0.283. The van der Waals surface area contributed by atoms with Crippen LogP contribution in [0.25, 0.3) is 0 Å². The van der Waals surface area contributed by atoms with Crippen molar-refractivity contribution in [1.29, 1.82) is 0 Å². The Morgan fingerprint density at radius 3 is 2.61 bits per heavy atom. The summed E-state index contributed by atoms with van der Waals surface area (Å²) in [5.74, 6) is 0.619. The standard InChI is InChI=1S/C13H25F3N2/c1-11(2)9-18-8-4-3-5-12(18)6-7-17-10-13(14,15)16/h11-12,17H,3-10H2,1-2H3. The van der Waals surface area contributed by atoms with E-state index in [0.717, 1.165) is 25.9 Å². The summed E-state index contributed by atoms with van der Waals surface area (Å²) in [5, 5.41) is 2.49. The van der Waals surface area contributed by atoms with Gasteiger partial charge in [-0.05, 0) is 38.3 Å². The van der Waals surface area contributed by atoms with Gasteiger partial charge < -0.3 is 10.2 Å². The lowest BCUT2D eigenvalue weighted by Gasteiger charge is -2.37. The molecule has 1 N–H and O–H groups in total. The van der Waals surface area contributed by atoms with Crippen LogP contribution in [0.5, 0.6) is 0 Å². The second kappa shape index (κ2) is 7.34. The molecule has 1 rings (SSSR count). The molecular weight excluding hydrogens is 241 g/mol. The van der Waals surface area contributed by atoms with Gasteiger partial charge in [-0.25, -0.2) is 0 Å². The zero-order valence-corrected chi connectivity index (χ0v) is 11.4. The molecule has 0 spiro atoms. The molecule has 1 atom stereocenters.